The molecule has 0 saturated carbocycles. The van der Waals surface area contributed by atoms with E-state index >= 15 is 0 Å². The van der Waals surface area contributed by atoms with Crippen LogP contribution in [-0.4, -0.2) is 74.9 Å². The molecule has 1 aromatic heterocycles. The minimum Gasteiger partial charge on any atom is -0.444 e. The number of aromatic nitrogens is 2. The van der Waals surface area contributed by atoms with Gasteiger partial charge in [0.1, 0.15) is 17.7 Å². The van der Waals surface area contributed by atoms with E-state index in [1.807, 2.05) is 6.92 Å². The van der Waals surface area contributed by atoms with Crippen molar-refractivity contribution < 1.29 is 36.0 Å². The van der Waals surface area contributed by atoms with Crippen LogP contribution in [0, 0.1) is 5.92 Å². The molecule has 178 valence electrons. The van der Waals surface area contributed by atoms with Crippen LogP contribution in [0.1, 0.15) is 70.8 Å². The van der Waals surface area contributed by atoms with Gasteiger partial charge >= 0.3 is 22.5 Å². The second-order valence-electron chi connectivity index (χ2n) is 9.48. The Kier molecular flexibility index (Phi) is 5.57. The number of fused-ring (bicyclic) bond motifs is 2. The standard InChI is InChI=1S/C18H27N5O8S/c1-10-7-13(22(8-10)17(25)30-18(2,3)4)15-20-19-14(29-15)12-6-5-11-9-21(12)16(24)23(11)31-32(26,27)28/h10-13H,5-9H2,1-4H3,(H,26,27,28)/t10-,11-,12+,13+/m1/s1. The summed E-state index contributed by atoms with van der Waals surface area (Å²) in [4.78, 5) is 28.2. The van der Waals surface area contributed by atoms with E-state index in [1.165, 1.54) is 4.90 Å². The maximum absolute atomic E-state index is 12.7. The fraction of sp³-hybridized carbons (Fsp3) is 0.778. The predicted octanol–water partition coefficient (Wildman–Crippen LogP) is 2.06. The minimum absolute atomic E-state index is 0.196. The molecule has 0 unspecified atom stereocenters. The maximum atomic E-state index is 12.7. The van der Waals surface area contributed by atoms with Crippen LogP contribution >= 0.6 is 0 Å². The van der Waals surface area contributed by atoms with Crippen molar-refractivity contribution in [3.63, 3.8) is 0 Å². The Balaban J connectivity index is 1.51. The highest BCUT2D eigenvalue weighted by atomic mass is 32.3. The first-order valence-corrected chi connectivity index (χ1v) is 11.8. The molecule has 4 rings (SSSR count). The van der Waals surface area contributed by atoms with Crippen molar-refractivity contribution in [1.82, 2.24) is 25.1 Å². The van der Waals surface area contributed by atoms with Crippen molar-refractivity contribution >= 4 is 22.5 Å². The van der Waals surface area contributed by atoms with E-state index in [0.717, 1.165) is 0 Å². The zero-order valence-corrected chi connectivity index (χ0v) is 19.1. The van der Waals surface area contributed by atoms with Crippen LogP contribution in [0.3, 0.4) is 0 Å². The Morgan fingerprint density at radius 1 is 1.16 bits per heavy atom. The molecule has 32 heavy (non-hydrogen) atoms. The summed E-state index contributed by atoms with van der Waals surface area (Å²) >= 11 is 0. The normalized spacial score (nSPS) is 28.5. The molecule has 0 spiro atoms. The number of ether oxygens (including phenoxy) is 1. The molecular formula is C18H27N5O8S. The molecule has 13 nitrogen and oxygen atoms in total. The van der Waals surface area contributed by atoms with Gasteiger partial charge in [-0.05, 0) is 46.0 Å². The number of carbonyl (C=O) groups is 2. The molecule has 1 aromatic rings. The van der Waals surface area contributed by atoms with Gasteiger partial charge in [-0.25, -0.2) is 9.59 Å². The van der Waals surface area contributed by atoms with Crippen LogP contribution in [0.15, 0.2) is 4.42 Å². The number of urea groups is 1. The van der Waals surface area contributed by atoms with Gasteiger partial charge < -0.3 is 14.1 Å². The lowest BCUT2D eigenvalue weighted by Gasteiger charge is -2.28. The topological polar surface area (TPSA) is 156 Å². The summed E-state index contributed by atoms with van der Waals surface area (Å²) in [6, 6.07) is -2.23. The van der Waals surface area contributed by atoms with Gasteiger partial charge in [-0.2, -0.15) is 13.5 Å². The largest absolute Gasteiger partial charge is 0.444 e. The number of piperidine rings is 1. The van der Waals surface area contributed by atoms with Gasteiger partial charge in [-0.15, -0.1) is 14.5 Å². The molecule has 0 aromatic carbocycles. The molecule has 2 bridgehead atoms. The highest BCUT2D eigenvalue weighted by molar-refractivity contribution is 7.80. The summed E-state index contributed by atoms with van der Waals surface area (Å²) in [5.74, 6) is 0.670. The highest BCUT2D eigenvalue weighted by Crippen LogP contribution is 2.40. The Labute approximate surface area is 185 Å². The lowest BCUT2D eigenvalue weighted by molar-refractivity contribution is -0.0317. The fourth-order valence-electron chi connectivity index (χ4n) is 4.41. The number of hydroxylamine groups is 2. The monoisotopic (exact) mass is 473 g/mol. The van der Waals surface area contributed by atoms with E-state index in [0.29, 0.717) is 30.9 Å². The van der Waals surface area contributed by atoms with Gasteiger partial charge in [0.25, 0.3) is 0 Å². The van der Waals surface area contributed by atoms with Gasteiger partial charge in [0, 0.05) is 13.1 Å². The second kappa shape index (κ2) is 7.85. The average Bonchev–Trinajstić information content (AvgIpc) is 3.34. The van der Waals surface area contributed by atoms with Crippen molar-refractivity contribution in [2.45, 2.75) is 70.7 Å². The molecule has 3 aliphatic heterocycles. The Bertz CT molecular complexity index is 1010. The van der Waals surface area contributed by atoms with Crippen LogP contribution < -0.4 is 0 Å². The van der Waals surface area contributed by atoms with Gasteiger partial charge in [0.15, 0.2) is 0 Å². The third-order valence-corrected chi connectivity index (χ3v) is 6.01. The minimum atomic E-state index is -4.82. The lowest BCUT2D eigenvalue weighted by atomic mass is 10.0. The number of hydrogen-bond donors (Lipinski definition) is 1. The third kappa shape index (κ3) is 4.52. The van der Waals surface area contributed by atoms with Gasteiger partial charge in [-0.3, -0.25) is 9.45 Å². The predicted molar refractivity (Wildman–Crippen MR) is 106 cm³/mol. The SMILES string of the molecule is C[C@@H]1C[C@@H](c2nnc([C@@H]3CC[C@@H]4CN3C(=O)N4OS(=O)(=O)O)o2)N(C(=O)OC(C)(C)C)C1. The van der Waals surface area contributed by atoms with Gasteiger partial charge in [-0.1, -0.05) is 6.92 Å². The second-order valence-corrected chi connectivity index (χ2v) is 10.5. The zero-order chi connectivity index (χ0) is 23.4. The highest BCUT2D eigenvalue weighted by Gasteiger charge is 2.49. The quantitative estimate of drug-likeness (QED) is 0.642. The molecular weight excluding hydrogens is 446 g/mol. The van der Waals surface area contributed by atoms with E-state index in [9.17, 15) is 18.0 Å². The van der Waals surface area contributed by atoms with E-state index in [-0.39, 0.29) is 24.2 Å². The van der Waals surface area contributed by atoms with E-state index < -0.39 is 46.2 Å². The lowest BCUT2D eigenvalue weighted by Crippen LogP contribution is -2.36. The summed E-state index contributed by atoms with van der Waals surface area (Å²) in [7, 11) is -4.82. The maximum Gasteiger partial charge on any atom is 0.418 e. The third-order valence-electron chi connectivity index (χ3n) is 5.66. The Morgan fingerprint density at radius 2 is 1.81 bits per heavy atom. The van der Waals surface area contributed by atoms with Crippen molar-refractivity contribution in [2.24, 2.45) is 5.92 Å². The number of carbonyl (C=O) groups excluding carboxylic acids is 2. The average molecular weight is 474 g/mol. The number of hydrogen-bond acceptors (Lipinski definition) is 9. The molecule has 0 radical (unpaired) electrons. The van der Waals surface area contributed by atoms with Crippen molar-refractivity contribution in [1.29, 1.82) is 0 Å². The van der Waals surface area contributed by atoms with E-state index in [2.05, 4.69) is 14.5 Å². The van der Waals surface area contributed by atoms with Crippen LogP contribution in [0.25, 0.3) is 0 Å². The first kappa shape index (κ1) is 22.7. The van der Waals surface area contributed by atoms with E-state index in [4.69, 9.17) is 13.7 Å². The van der Waals surface area contributed by atoms with E-state index in [1.54, 1.807) is 25.7 Å². The van der Waals surface area contributed by atoms with Crippen molar-refractivity contribution in [3.05, 3.63) is 11.8 Å². The molecule has 3 saturated heterocycles. The molecule has 3 aliphatic rings. The number of amides is 3. The summed E-state index contributed by atoms with van der Waals surface area (Å²) in [5, 5.41) is 8.91. The first-order chi connectivity index (χ1) is 14.8. The fourth-order valence-corrected chi connectivity index (χ4v) is 4.79. The van der Waals surface area contributed by atoms with Crippen LogP contribution in [0.4, 0.5) is 9.59 Å². The number of rotatable bonds is 4. The smallest absolute Gasteiger partial charge is 0.418 e. The molecule has 4 heterocycles. The molecule has 3 amide bonds. The first-order valence-electron chi connectivity index (χ1n) is 10.4. The molecule has 3 fully saturated rings. The van der Waals surface area contributed by atoms with Gasteiger partial charge in [0.05, 0.1) is 6.04 Å². The summed E-state index contributed by atoms with van der Waals surface area (Å²) < 4.78 is 46.9. The molecule has 0 aliphatic carbocycles. The Hall–Kier alpha value is -2.45. The van der Waals surface area contributed by atoms with Gasteiger partial charge in [0.2, 0.25) is 11.8 Å². The van der Waals surface area contributed by atoms with Crippen molar-refractivity contribution in [3.8, 4) is 0 Å². The summed E-state index contributed by atoms with van der Waals surface area (Å²) in [6.07, 6.45) is 1.04. The number of nitrogens with zero attached hydrogens (tertiary/aromatic N) is 5. The Morgan fingerprint density at radius 3 is 2.44 bits per heavy atom. The number of likely N-dealkylation sites (tertiary alicyclic amines) is 1. The molecule has 1 N–H and O–H groups in total. The van der Waals surface area contributed by atoms with Crippen LogP contribution in [0.2, 0.25) is 0 Å². The van der Waals surface area contributed by atoms with Crippen LogP contribution in [-0.2, 0) is 19.4 Å². The zero-order valence-electron chi connectivity index (χ0n) is 18.3. The summed E-state index contributed by atoms with van der Waals surface area (Å²) in [6.45, 7) is 8.09. The van der Waals surface area contributed by atoms with Crippen molar-refractivity contribution in [2.75, 3.05) is 13.1 Å². The summed E-state index contributed by atoms with van der Waals surface area (Å²) in [5.41, 5.74) is -0.641. The van der Waals surface area contributed by atoms with Crippen LogP contribution in [0.5, 0.6) is 0 Å². The molecule has 4 atom stereocenters. The molecule has 14 heteroatoms.